The zero-order valence-electron chi connectivity index (χ0n) is 16.6. The third-order valence-corrected chi connectivity index (χ3v) is 5.44. The average molecular weight is 454 g/mol. The molecule has 0 aliphatic rings. The number of nitrogens with zero attached hydrogens (tertiary/aromatic N) is 3. The van der Waals surface area contributed by atoms with Gasteiger partial charge in [0.1, 0.15) is 0 Å². The van der Waals surface area contributed by atoms with E-state index in [4.69, 9.17) is 0 Å². The molecule has 0 atom stereocenters. The molecule has 0 spiro atoms. The second-order valence-corrected chi connectivity index (χ2v) is 7.70. The minimum atomic E-state index is -4.43. The summed E-state index contributed by atoms with van der Waals surface area (Å²) in [6, 6.07) is 23.0. The lowest BCUT2D eigenvalue weighted by molar-refractivity contribution is -0.137. The van der Waals surface area contributed by atoms with Crippen molar-refractivity contribution < 1.29 is 18.0 Å². The van der Waals surface area contributed by atoms with Gasteiger partial charge in [0.05, 0.1) is 11.3 Å². The molecule has 4 aromatic rings. The standard InChI is InChI=1S/C23H17F3N4OS/c24-23(25,26)17-11-13-19(14-12-17)30-21(16-7-3-1-4-8-16)28-29-22(30)32-15-20(31)27-18-9-5-2-6-10-18/h1-14H,15H2,(H,27,31). The zero-order valence-corrected chi connectivity index (χ0v) is 17.4. The number of hydrogen-bond donors (Lipinski definition) is 1. The van der Waals surface area contributed by atoms with Crippen molar-refractivity contribution in [3.05, 3.63) is 90.5 Å². The summed E-state index contributed by atoms with van der Waals surface area (Å²) in [7, 11) is 0. The Morgan fingerprint density at radius 2 is 1.50 bits per heavy atom. The number of thioether (sulfide) groups is 1. The predicted molar refractivity (Wildman–Crippen MR) is 118 cm³/mol. The van der Waals surface area contributed by atoms with Gasteiger partial charge in [0, 0.05) is 16.9 Å². The summed E-state index contributed by atoms with van der Waals surface area (Å²) in [5.74, 6) is 0.295. The highest BCUT2D eigenvalue weighted by atomic mass is 32.2. The Morgan fingerprint density at radius 1 is 0.875 bits per heavy atom. The van der Waals surface area contributed by atoms with Crippen molar-refractivity contribution in [2.24, 2.45) is 0 Å². The monoisotopic (exact) mass is 454 g/mol. The number of amides is 1. The summed E-state index contributed by atoms with van der Waals surface area (Å²) in [5, 5.41) is 11.6. The number of nitrogens with one attached hydrogen (secondary N) is 1. The third kappa shape index (κ3) is 5.00. The summed E-state index contributed by atoms with van der Waals surface area (Å²) < 4.78 is 40.6. The van der Waals surface area contributed by atoms with Crippen LogP contribution < -0.4 is 5.32 Å². The number of halogens is 3. The summed E-state index contributed by atoms with van der Waals surface area (Å²) >= 11 is 1.15. The highest BCUT2D eigenvalue weighted by Crippen LogP contribution is 2.32. The van der Waals surface area contributed by atoms with Crippen molar-refractivity contribution >= 4 is 23.4 Å². The van der Waals surface area contributed by atoms with Crippen molar-refractivity contribution in [2.75, 3.05) is 11.1 Å². The minimum Gasteiger partial charge on any atom is -0.325 e. The van der Waals surface area contributed by atoms with E-state index in [1.165, 1.54) is 12.1 Å². The highest BCUT2D eigenvalue weighted by molar-refractivity contribution is 7.99. The number of para-hydroxylation sites is 1. The van der Waals surface area contributed by atoms with Crippen molar-refractivity contribution in [3.63, 3.8) is 0 Å². The Bertz CT molecular complexity index is 1190. The molecule has 0 unspecified atom stereocenters. The first-order valence-corrected chi connectivity index (χ1v) is 10.6. The van der Waals surface area contributed by atoms with Crippen LogP contribution in [0.3, 0.4) is 0 Å². The molecule has 0 saturated heterocycles. The number of carbonyl (C=O) groups excluding carboxylic acids is 1. The van der Waals surface area contributed by atoms with Crippen LogP contribution >= 0.6 is 11.8 Å². The van der Waals surface area contributed by atoms with E-state index in [0.717, 1.165) is 29.5 Å². The number of anilines is 1. The molecule has 1 heterocycles. The molecule has 9 heteroatoms. The van der Waals surface area contributed by atoms with Crippen molar-refractivity contribution in [2.45, 2.75) is 11.3 Å². The van der Waals surface area contributed by atoms with E-state index in [9.17, 15) is 18.0 Å². The molecule has 0 radical (unpaired) electrons. The fourth-order valence-corrected chi connectivity index (χ4v) is 3.77. The van der Waals surface area contributed by atoms with Crippen LogP contribution in [0, 0.1) is 0 Å². The van der Waals surface area contributed by atoms with Gasteiger partial charge in [0.15, 0.2) is 11.0 Å². The molecule has 5 nitrogen and oxygen atoms in total. The molecular weight excluding hydrogens is 437 g/mol. The molecule has 0 aliphatic heterocycles. The molecule has 1 aromatic heterocycles. The van der Waals surface area contributed by atoms with Crippen LogP contribution in [0.1, 0.15) is 5.56 Å². The fourth-order valence-electron chi connectivity index (χ4n) is 3.02. The van der Waals surface area contributed by atoms with Gasteiger partial charge in [0.2, 0.25) is 5.91 Å². The van der Waals surface area contributed by atoms with E-state index in [2.05, 4.69) is 15.5 Å². The van der Waals surface area contributed by atoms with Gasteiger partial charge >= 0.3 is 6.18 Å². The lowest BCUT2D eigenvalue weighted by Crippen LogP contribution is -2.14. The average Bonchev–Trinajstić information content (AvgIpc) is 3.22. The number of rotatable bonds is 6. The van der Waals surface area contributed by atoms with Crippen LogP contribution in [0.2, 0.25) is 0 Å². The Hall–Kier alpha value is -3.59. The molecule has 0 saturated carbocycles. The van der Waals surface area contributed by atoms with Crippen LogP contribution in [0.5, 0.6) is 0 Å². The van der Waals surface area contributed by atoms with Gasteiger partial charge in [-0.05, 0) is 36.4 Å². The van der Waals surface area contributed by atoms with Gasteiger partial charge in [0.25, 0.3) is 0 Å². The van der Waals surface area contributed by atoms with E-state index in [1.54, 1.807) is 16.7 Å². The summed E-state index contributed by atoms with van der Waals surface area (Å²) in [6.45, 7) is 0. The second kappa shape index (κ2) is 9.27. The minimum absolute atomic E-state index is 0.0580. The van der Waals surface area contributed by atoms with Gasteiger partial charge in [-0.25, -0.2) is 0 Å². The number of alkyl halides is 3. The smallest absolute Gasteiger partial charge is 0.325 e. The molecule has 1 N–H and O–H groups in total. The summed E-state index contributed by atoms with van der Waals surface area (Å²) in [5.41, 5.74) is 1.15. The molecule has 162 valence electrons. The largest absolute Gasteiger partial charge is 0.416 e. The van der Waals surface area contributed by atoms with Crippen LogP contribution in [0.25, 0.3) is 17.1 Å². The van der Waals surface area contributed by atoms with Gasteiger partial charge in [-0.15, -0.1) is 10.2 Å². The SMILES string of the molecule is O=C(CSc1nnc(-c2ccccc2)n1-c1ccc(C(F)(F)F)cc1)Nc1ccccc1. The number of aromatic nitrogens is 3. The Morgan fingerprint density at radius 3 is 2.12 bits per heavy atom. The van der Waals surface area contributed by atoms with Crippen molar-refractivity contribution in [3.8, 4) is 17.1 Å². The Kier molecular flexibility index (Phi) is 6.27. The van der Waals surface area contributed by atoms with Crippen molar-refractivity contribution in [1.29, 1.82) is 0 Å². The fraction of sp³-hybridized carbons (Fsp3) is 0.0870. The van der Waals surface area contributed by atoms with E-state index in [1.807, 2.05) is 48.5 Å². The first-order chi connectivity index (χ1) is 15.4. The summed E-state index contributed by atoms with van der Waals surface area (Å²) in [6.07, 6.45) is -4.43. The number of hydrogen-bond acceptors (Lipinski definition) is 4. The van der Waals surface area contributed by atoms with Gasteiger partial charge in [-0.1, -0.05) is 60.3 Å². The molecule has 0 bridgehead atoms. The normalized spacial score (nSPS) is 11.3. The van der Waals surface area contributed by atoms with Crippen LogP contribution in [-0.4, -0.2) is 26.4 Å². The van der Waals surface area contributed by atoms with Gasteiger partial charge in [-0.3, -0.25) is 9.36 Å². The van der Waals surface area contributed by atoms with Gasteiger partial charge < -0.3 is 5.32 Å². The zero-order chi connectivity index (χ0) is 22.6. The van der Waals surface area contributed by atoms with E-state index in [0.29, 0.717) is 22.4 Å². The quantitative estimate of drug-likeness (QED) is 0.381. The Labute approximate surface area is 186 Å². The van der Waals surface area contributed by atoms with Gasteiger partial charge in [-0.2, -0.15) is 13.2 Å². The van der Waals surface area contributed by atoms with E-state index >= 15 is 0 Å². The first kappa shape index (κ1) is 21.6. The molecule has 0 fully saturated rings. The highest BCUT2D eigenvalue weighted by Gasteiger charge is 2.30. The molecular formula is C23H17F3N4OS. The molecule has 4 rings (SSSR count). The van der Waals surface area contributed by atoms with Crippen LogP contribution in [0.15, 0.2) is 90.1 Å². The lowest BCUT2D eigenvalue weighted by Gasteiger charge is -2.12. The predicted octanol–water partition coefficient (Wildman–Crippen LogP) is 5.68. The maximum Gasteiger partial charge on any atom is 0.416 e. The molecule has 1 amide bonds. The number of carbonyl (C=O) groups is 1. The molecule has 3 aromatic carbocycles. The summed E-state index contributed by atoms with van der Waals surface area (Å²) in [4.78, 5) is 12.4. The molecule has 32 heavy (non-hydrogen) atoms. The lowest BCUT2D eigenvalue weighted by atomic mass is 10.2. The van der Waals surface area contributed by atoms with Crippen LogP contribution in [-0.2, 0) is 11.0 Å². The maximum atomic E-state index is 13.0. The first-order valence-electron chi connectivity index (χ1n) is 9.58. The Balaban J connectivity index is 1.62. The maximum absolute atomic E-state index is 13.0. The third-order valence-electron chi connectivity index (χ3n) is 4.51. The van der Waals surface area contributed by atoms with Crippen LogP contribution in [0.4, 0.5) is 18.9 Å². The van der Waals surface area contributed by atoms with E-state index < -0.39 is 11.7 Å². The van der Waals surface area contributed by atoms with Crippen molar-refractivity contribution in [1.82, 2.24) is 14.8 Å². The molecule has 0 aliphatic carbocycles. The topological polar surface area (TPSA) is 59.8 Å². The van der Waals surface area contributed by atoms with E-state index in [-0.39, 0.29) is 11.7 Å². The number of benzene rings is 3. The second-order valence-electron chi connectivity index (χ2n) is 6.76.